The molecule has 0 bridgehead atoms. The highest BCUT2D eigenvalue weighted by Crippen LogP contribution is 2.21. The molecule has 0 aromatic heterocycles. The molecule has 38 heavy (non-hydrogen) atoms. The van der Waals surface area contributed by atoms with Crippen LogP contribution < -0.4 is 16.0 Å². The first-order valence-electron chi connectivity index (χ1n) is 12.8. The van der Waals surface area contributed by atoms with Crippen LogP contribution >= 0.6 is 11.6 Å². The Balaban J connectivity index is 3.08. The second-order valence-corrected chi connectivity index (χ2v) is 8.99. The topological polar surface area (TPSA) is 93.2 Å². The van der Waals surface area contributed by atoms with E-state index in [0.29, 0.717) is 47.9 Å². The smallest absolute Gasteiger partial charge is 0.319 e. The summed E-state index contributed by atoms with van der Waals surface area (Å²) in [6, 6.07) is 0.103. The van der Waals surface area contributed by atoms with Gasteiger partial charge in [-0.2, -0.15) is 0 Å². The maximum absolute atomic E-state index is 11.9. The maximum atomic E-state index is 11.9. The van der Waals surface area contributed by atoms with Crippen molar-refractivity contribution in [3.8, 4) is 0 Å². The fraction of sp³-hybridized carbons (Fsp3) is 0.448. The van der Waals surface area contributed by atoms with Crippen LogP contribution in [0.15, 0.2) is 87.9 Å². The number of halogens is 1. The number of methoxy groups -OCH3 is 1. The van der Waals surface area contributed by atoms with Crippen molar-refractivity contribution in [3.05, 3.63) is 82.9 Å². The Labute approximate surface area is 232 Å². The number of piperidine rings is 1. The van der Waals surface area contributed by atoms with E-state index in [0.717, 1.165) is 18.5 Å². The van der Waals surface area contributed by atoms with E-state index in [1.165, 1.54) is 19.3 Å². The number of nitrogens with zero attached hydrogens (tertiary/aromatic N) is 1. The van der Waals surface area contributed by atoms with Gasteiger partial charge in [-0.3, -0.25) is 4.99 Å². The Kier molecular flexibility index (Phi) is 16.3. The predicted octanol–water partition coefficient (Wildman–Crippen LogP) is 5.99. The Morgan fingerprint density at radius 3 is 2.55 bits per heavy atom. The highest BCUT2D eigenvalue weighted by atomic mass is 35.5. The minimum Gasteiger partial charge on any atom is -0.493 e. The Bertz CT molecular complexity index is 987. The number of aliphatic imine (C=N–C) groups is 1. The van der Waals surface area contributed by atoms with Gasteiger partial charge in [0, 0.05) is 25.8 Å². The molecule has 1 rings (SSSR count). The molecule has 2 amide bonds. The fourth-order valence-electron chi connectivity index (χ4n) is 3.53. The lowest BCUT2D eigenvalue weighted by Crippen LogP contribution is -2.34. The van der Waals surface area contributed by atoms with E-state index in [-0.39, 0.29) is 11.1 Å². The minimum absolute atomic E-state index is 0.191. The van der Waals surface area contributed by atoms with E-state index in [4.69, 9.17) is 25.8 Å². The van der Waals surface area contributed by atoms with Gasteiger partial charge in [0.2, 0.25) is 0 Å². The molecule has 1 atom stereocenters. The molecule has 9 heteroatoms. The molecule has 1 aliphatic heterocycles. The van der Waals surface area contributed by atoms with Crippen molar-refractivity contribution < 1.29 is 19.0 Å². The van der Waals surface area contributed by atoms with E-state index < -0.39 is 0 Å². The third kappa shape index (κ3) is 12.8. The molecular weight excluding hydrogens is 504 g/mol. The number of carbonyl (C=O) groups is 1. The highest BCUT2D eigenvalue weighted by molar-refractivity contribution is 6.31. The molecule has 3 N–H and O–H groups in total. The summed E-state index contributed by atoms with van der Waals surface area (Å²) < 4.78 is 17.7. The van der Waals surface area contributed by atoms with Gasteiger partial charge in [-0.05, 0) is 82.5 Å². The summed E-state index contributed by atoms with van der Waals surface area (Å²) in [7, 11) is 3.26. The lowest BCUT2D eigenvalue weighted by atomic mass is 10.0. The quantitative estimate of drug-likeness (QED) is 0.133. The van der Waals surface area contributed by atoms with Crippen molar-refractivity contribution in [2.75, 3.05) is 33.9 Å². The fourth-order valence-corrected chi connectivity index (χ4v) is 3.64. The molecule has 8 nitrogen and oxygen atoms in total. The number of allylic oxidation sites excluding steroid dienone is 8. The van der Waals surface area contributed by atoms with Crippen LogP contribution in [0, 0.1) is 0 Å². The Morgan fingerprint density at radius 1 is 1.21 bits per heavy atom. The lowest BCUT2D eigenvalue weighted by molar-refractivity contribution is 0.176. The largest absolute Gasteiger partial charge is 0.493 e. The minimum atomic E-state index is -0.375. The van der Waals surface area contributed by atoms with Crippen molar-refractivity contribution in [3.63, 3.8) is 0 Å². The highest BCUT2D eigenvalue weighted by Gasteiger charge is 2.14. The Morgan fingerprint density at radius 2 is 1.97 bits per heavy atom. The molecule has 0 radical (unpaired) electrons. The van der Waals surface area contributed by atoms with Gasteiger partial charge in [-0.15, -0.1) is 0 Å². The van der Waals surface area contributed by atoms with Gasteiger partial charge in [0.15, 0.2) is 11.5 Å². The van der Waals surface area contributed by atoms with Gasteiger partial charge in [-0.25, -0.2) is 4.79 Å². The standard InChI is InChI=1S/C29H43ClN4O4/c1-8-26(37-19-16-24-12-10-11-17-33-24)28(36-7)20-21(3)27(15-18-31-6)38-22(4)13-14-25(23(5)30)34-29(35)32-9-2/h8,13-15,18,20,24,33H,1,5,9-12,16-17,19H2,2-4,6-7H3,(H2,32,34,35)/b21-20+,22-13+,25-14+,27-15+,28-26-,31-18?. The SMILES string of the molecule is C=C\C(OCCC1CCCCN1)=C(/C=C(C)/C(=C\C=NC)O/C(C)=C/C=C(/NC(=O)NCC)C(=C)Cl)OC. The maximum Gasteiger partial charge on any atom is 0.319 e. The molecule has 0 spiro atoms. The van der Waals surface area contributed by atoms with Crippen LogP contribution in [0.1, 0.15) is 46.5 Å². The van der Waals surface area contributed by atoms with Crippen LogP contribution in [0.3, 0.4) is 0 Å². The van der Waals surface area contributed by atoms with Crippen LogP contribution in [-0.2, 0) is 14.2 Å². The summed E-state index contributed by atoms with van der Waals surface area (Å²) in [5.41, 5.74) is 1.13. The molecule has 1 aliphatic rings. The summed E-state index contributed by atoms with van der Waals surface area (Å²) >= 11 is 6.04. The summed E-state index contributed by atoms with van der Waals surface area (Å²) in [6.07, 6.45) is 14.7. The second-order valence-electron chi connectivity index (χ2n) is 8.54. The van der Waals surface area contributed by atoms with Gasteiger partial charge >= 0.3 is 6.03 Å². The summed E-state index contributed by atoms with van der Waals surface area (Å²) in [5, 5.41) is 9.02. The molecule has 1 saturated heterocycles. The molecule has 1 fully saturated rings. The lowest BCUT2D eigenvalue weighted by Gasteiger charge is -2.23. The number of nitrogens with one attached hydrogen (secondary N) is 3. The third-order valence-corrected chi connectivity index (χ3v) is 5.73. The molecule has 210 valence electrons. The molecule has 0 aromatic carbocycles. The number of amides is 2. The van der Waals surface area contributed by atoms with E-state index in [1.807, 2.05) is 19.9 Å². The second kappa shape index (κ2) is 18.9. The van der Waals surface area contributed by atoms with E-state index in [9.17, 15) is 4.79 Å². The average Bonchev–Trinajstić information content (AvgIpc) is 2.90. The molecule has 0 saturated carbocycles. The zero-order chi connectivity index (χ0) is 28.3. The van der Waals surface area contributed by atoms with Crippen LogP contribution in [0.5, 0.6) is 0 Å². The van der Waals surface area contributed by atoms with Gasteiger partial charge in [-0.1, -0.05) is 31.2 Å². The van der Waals surface area contributed by atoms with Crippen LogP contribution in [0.4, 0.5) is 4.79 Å². The first-order chi connectivity index (χ1) is 18.2. The molecule has 1 unspecified atom stereocenters. The van der Waals surface area contributed by atoms with Crippen molar-refractivity contribution >= 4 is 23.8 Å². The van der Waals surface area contributed by atoms with E-state index >= 15 is 0 Å². The monoisotopic (exact) mass is 546 g/mol. The first kappa shape index (κ1) is 32.8. The zero-order valence-corrected chi connectivity index (χ0v) is 24.1. The predicted molar refractivity (Wildman–Crippen MR) is 157 cm³/mol. The van der Waals surface area contributed by atoms with Crippen molar-refractivity contribution in [1.29, 1.82) is 0 Å². The van der Waals surface area contributed by atoms with Gasteiger partial charge < -0.3 is 30.2 Å². The molecular formula is C29H43ClN4O4. The van der Waals surface area contributed by atoms with Gasteiger partial charge in [0.05, 0.1) is 24.4 Å². The number of hydrogen-bond acceptors (Lipinski definition) is 6. The Hall–Kier alpha value is -3.23. The number of carbonyl (C=O) groups excluding carboxylic acids is 1. The number of urea groups is 1. The van der Waals surface area contributed by atoms with Gasteiger partial charge in [0.25, 0.3) is 0 Å². The summed E-state index contributed by atoms with van der Waals surface area (Å²) in [5.74, 6) is 2.18. The zero-order valence-electron chi connectivity index (χ0n) is 23.4. The third-order valence-electron chi connectivity index (χ3n) is 5.53. The summed E-state index contributed by atoms with van der Waals surface area (Å²) in [4.78, 5) is 15.9. The van der Waals surface area contributed by atoms with Crippen LogP contribution in [-0.4, -0.2) is 52.1 Å². The summed E-state index contributed by atoms with van der Waals surface area (Å²) in [6.45, 7) is 15.2. The molecule has 0 aliphatic carbocycles. The van der Waals surface area contributed by atoms with Crippen LogP contribution in [0.25, 0.3) is 0 Å². The first-order valence-corrected chi connectivity index (χ1v) is 13.2. The van der Waals surface area contributed by atoms with Crippen molar-refractivity contribution in [1.82, 2.24) is 16.0 Å². The van der Waals surface area contributed by atoms with Crippen LogP contribution in [0.2, 0.25) is 0 Å². The number of hydrogen-bond donors (Lipinski definition) is 3. The average molecular weight is 547 g/mol. The van der Waals surface area contributed by atoms with E-state index in [1.54, 1.807) is 51.6 Å². The van der Waals surface area contributed by atoms with E-state index in [2.05, 4.69) is 34.1 Å². The molecule has 0 aromatic rings. The number of rotatable bonds is 15. The number of ether oxygens (including phenoxy) is 3. The van der Waals surface area contributed by atoms with Crippen molar-refractivity contribution in [2.24, 2.45) is 4.99 Å². The normalized spacial score (nSPS) is 18.0. The molecule has 1 heterocycles. The van der Waals surface area contributed by atoms with Gasteiger partial charge in [0.1, 0.15) is 11.5 Å². The van der Waals surface area contributed by atoms with Crippen molar-refractivity contribution in [2.45, 2.75) is 52.5 Å².